The van der Waals surface area contributed by atoms with Crippen molar-refractivity contribution in [2.45, 2.75) is 39.5 Å². The minimum absolute atomic E-state index is 0.0540. The maximum atomic E-state index is 13.6. The molecule has 0 aliphatic rings. The van der Waals surface area contributed by atoms with Crippen LogP contribution in [0.2, 0.25) is 0 Å². The molecule has 1 amide bonds. The summed E-state index contributed by atoms with van der Waals surface area (Å²) in [5.74, 6) is -1.40. The lowest BCUT2D eigenvalue weighted by Gasteiger charge is -2.23. The standard InChI is InChI=1S/C20H21F2N3O3S/c1-11(2)16(24-18(26)15-9-6-10-29-15)19(27)28-12(3)17-23-13-7-4-5-8-14(13)25(17)20(21)22/h4-12,16,20H,1-3H3,(H,24,26). The monoisotopic (exact) mass is 421 g/mol. The van der Waals surface area contributed by atoms with Gasteiger partial charge in [0.05, 0.1) is 15.9 Å². The predicted octanol–water partition coefficient (Wildman–Crippen LogP) is 4.55. The van der Waals surface area contributed by atoms with Crippen molar-refractivity contribution in [2.75, 3.05) is 0 Å². The van der Waals surface area contributed by atoms with Crippen molar-refractivity contribution >= 4 is 34.2 Å². The van der Waals surface area contributed by atoms with Crippen LogP contribution in [0.5, 0.6) is 0 Å². The van der Waals surface area contributed by atoms with E-state index in [1.54, 1.807) is 49.6 Å². The Hall–Kier alpha value is -2.81. The molecule has 0 aliphatic carbocycles. The minimum Gasteiger partial charge on any atom is -0.453 e. The van der Waals surface area contributed by atoms with Gasteiger partial charge in [0.1, 0.15) is 6.04 Å². The topological polar surface area (TPSA) is 73.2 Å². The third kappa shape index (κ3) is 4.45. The van der Waals surface area contributed by atoms with Crippen molar-refractivity contribution in [3.8, 4) is 0 Å². The number of aromatic nitrogens is 2. The van der Waals surface area contributed by atoms with Crippen LogP contribution in [-0.2, 0) is 9.53 Å². The summed E-state index contributed by atoms with van der Waals surface area (Å²) in [6.45, 7) is 2.17. The summed E-state index contributed by atoms with van der Waals surface area (Å²) >= 11 is 1.25. The number of fused-ring (bicyclic) bond motifs is 1. The molecule has 29 heavy (non-hydrogen) atoms. The molecule has 3 rings (SSSR count). The van der Waals surface area contributed by atoms with Gasteiger partial charge in [-0.3, -0.25) is 9.36 Å². The Kier molecular flexibility index (Phi) is 6.26. The zero-order valence-electron chi connectivity index (χ0n) is 16.1. The van der Waals surface area contributed by atoms with Gasteiger partial charge in [0, 0.05) is 0 Å². The molecule has 2 heterocycles. The van der Waals surface area contributed by atoms with Gasteiger partial charge in [-0.05, 0) is 36.4 Å². The van der Waals surface area contributed by atoms with Gasteiger partial charge in [-0.15, -0.1) is 11.3 Å². The van der Waals surface area contributed by atoms with E-state index in [-0.39, 0.29) is 23.2 Å². The van der Waals surface area contributed by atoms with E-state index in [1.165, 1.54) is 24.3 Å². The van der Waals surface area contributed by atoms with Gasteiger partial charge >= 0.3 is 12.5 Å². The Bertz CT molecular complexity index is 1000. The number of alkyl halides is 2. The number of carbonyl (C=O) groups is 2. The van der Waals surface area contributed by atoms with Crippen LogP contribution < -0.4 is 5.32 Å². The summed E-state index contributed by atoms with van der Waals surface area (Å²) < 4.78 is 33.4. The highest BCUT2D eigenvalue weighted by atomic mass is 32.1. The average molecular weight is 421 g/mol. The summed E-state index contributed by atoms with van der Waals surface area (Å²) in [6.07, 6.45) is -1.02. The number of hydrogen-bond donors (Lipinski definition) is 1. The summed E-state index contributed by atoms with van der Waals surface area (Å²) in [5, 5.41) is 4.42. The van der Waals surface area contributed by atoms with E-state index in [4.69, 9.17) is 4.74 Å². The highest BCUT2D eigenvalue weighted by Crippen LogP contribution is 2.28. The number of thiophene rings is 1. The number of ether oxygens (including phenoxy) is 1. The Balaban J connectivity index is 1.80. The van der Waals surface area contributed by atoms with E-state index in [9.17, 15) is 18.4 Å². The molecule has 0 radical (unpaired) electrons. The SMILES string of the molecule is CC(OC(=O)C(NC(=O)c1cccs1)C(C)C)c1nc2ccccc2n1C(F)F. The number of benzene rings is 1. The lowest BCUT2D eigenvalue weighted by molar-refractivity contribution is -0.152. The second-order valence-electron chi connectivity index (χ2n) is 6.86. The Labute approximate surface area is 170 Å². The zero-order chi connectivity index (χ0) is 21.1. The molecule has 0 fully saturated rings. The number of carbonyl (C=O) groups excluding carboxylic acids is 2. The molecule has 2 unspecified atom stereocenters. The lowest BCUT2D eigenvalue weighted by Crippen LogP contribution is -2.45. The van der Waals surface area contributed by atoms with E-state index in [0.717, 1.165) is 4.57 Å². The molecule has 1 aromatic carbocycles. The zero-order valence-corrected chi connectivity index (χ0v) is 17.0. The largest absolute Gasteiger partial charge is 0.453 e. The Morgan fingerprint density at radius 3 is 2.48 bits per heavy atom. The van der Waals surface area contributed by atoms with Crippen molar-refractivity contribution in [1.82, 2.24) is 14.9 Å². The number of imidazole rings is 1. The van der Waals surface area contributed by atoms with Crippen LogP contribution in [0.25, 0.3) is 11.0 Å². The molecule has 2 atom stereocenters. The maximum Gasteiger partial charge on any atom is 0.329 e. The van der Waals surface area contributed by atoms with Crippen molar-refractivity contribution in [3.05, 3.63) is 52.5 Å². The number of esters is 1. The third-order valence-corrected chi connectivity index (χ3v) is 5.30. The van der Waals surface area contributed by atoms with Crippen LogP contribution in [0, 0.1) is 5.92 Å². The highest BCUT2D eigenvalue weighted by Gasteiger charge is 2.30. The fourth-order valence-corrected chi connectivity index (χ4v) is 3.60. The average Bonchev–Trinajstić information content (AvgIpc) is 3.33. The van der Waals surface area contributed by atoms with E-state index in [1.807, 2.05) is 0 Å². The first-order chi connectivity index (χ1) is 13.8. The molecule has 1 N–H and O–H groups in total. The van der Waals surface area contributed by atoms with Crippen LogP contribution in [0.3, 0.4) is 0 Å². The number of hydrogen-bond acceptors (Lipinski definition) is 5. The van der Waals surface area contributed by atoms with Gasteiger partial charge < -0.3 is 10.1 Å². The van der Waals surface area contributed by atoms with E-state index < -0.39 is 24.7 Å². The minimum atomic E-state index is -2.84. The van der Waals surface area contributed by atoms with Crippen molar-refractivity contribution in [2.24, 2.45) is 5.92 Å². The number of nitrogens with zero attached hydrogens (tertiary/aromatic N) is 2. The van der Waals surface area contributed by atoms with Gasteiger partial charge in [-0.25, -0.2) is 9.78 Å². The molecular formula is C20H21F2N3O3S. The molecule has 2 aromatic heterocycles. The Morgan fingerprint density at radius 2 is 1.86 bits per heavy atom. The molecule has 0 saturated carbocycles. The van der Waals surface area contributed by atoms with E-state index in [0.29, 0.717) is 10.4 Å². The number of halogens is 2. The molecule has 6 nitrogen and oxygen atoms in total. The molecule has 154 valence electrons. The third-order valence-electron chi connectivity index (χ3n) is 4.43. The summed E-state index contributed by atoms with van der Waals surface area (Å²) in [6, 6.07) is 8.94. The first-order valence-electron chi connectivity index (χ1n) is 9.09. The van der Waals surface area contributed by atoms with Crippen molar-refractivity contribution in [1.29, 1.82) is 0 Å². The second kappa shape index (κ2) is 8.69. The van der Waals surface area contributed by atoms with E-state index >= 15 is 0 Å². The molecule has 3 aromatic rings. The van der Waals surface area contributed by atoms with E-state index in [2.05, 4.69) is 10.3 Å². The van der Waals surface area contributed by atoms with Crippen LogP contribution in [-0.4, -0.2) is 27.5 Å². The molecule has 9 heteroatoms. The first kappa shape index (κ1) is 20.9. The van der Waals surface area contributed by atoms with Crippen LogP contribution in [0.1, 0.15) is 48.9 Å². The number of nitrogens with one attached hydrogen (secondary N) is 1. The quantitative estimate of drug-likeness (QED) is 0.568. The lowest BCUT2D eigenvalue weighted by atomic mass is 10.0. The normalized spacial score (nSPS) is 13.6. The van der Waals surface area contributed by atoms with Crippen LogP contribution in [0.4, 0.5) is 8.78 Å². The number of para-hydroxylation sites is 2. The van der Waals surface area contributed by atoms with Crippen molar-refractivity contribution < 1.29 is 23.1 Å². The summed E-state index contributed by atoms with van der Waals surface area (Å²) in [4.78, 5) is 29.7. The van der Waals surface area contributed by atoms with Gasteiger partial charge in [0.15, 0.2) is 11.9 Å². The molecule has 0 bridgehead atoms. The van der Waals surface area contributed by atoms with Crippen LogP contribution in [0.15, 0.2) is 41.8 Å². The fourth-order valence-electron chi connectivity index (χ4n) is 2.97. The van der Waals surface area contributed by atoms with Crippen LogP contribution >= 0.6 is 11.3 Å². The van der Waals surface area contributed by atoms with Gasteiger partial charge in [0.2, 0.25) is 0 Å². The maximum absolute atomic E-state index is 13.6. The smallest absolute Gasteiger partial charge is 0.329 e. The van der Waals surface area contributed by atoms with Gasteiger partial charge in [-0.2, -0.15) is 8.78 Å². The highest BCUT2D eigenvalue weighted by molar-refractivity contribution is 7.12. The second-order valence-corrected chi connectivity index (χ2v) is 7.81. The van der Waals surface area contributed by atoms with Gasteiger partial charge in [-0.1, -0.05) is 32.0 Å². The Morgan fingerprint density at radius 1 is 1.14 bits per heavy atom. The predicted molar refractivity (Wildman–Crippen MR) is 106 cm³/mol. The van der Waals surface area contributed by atoms with Crippen molar-refractivity contribution in [3.63, 3.8) is 0 Å². The first-order valence-corrected chi connectivity index (χ1v) is 9.97. The fraction of sp³-hybridized carbons (Fsp3) is 0.350. The number of amides is 1. The summed E-state index contributed by atoms with van der Waals surface area (Å²) in [5.41, 5.74) is 0.643. The summed E-state index contributed by atoms with van der Waals surface area (Å²) in [7, 11) is 0. The molecular weight excluding hydrogens is 400 g/mol. The molecule has 0 spiro atoms. The number of rotatable bonds is 7. The molecule has 0 saturated heterocycles. The van der Waals surface area contributed by atoms with Gasteiger partial charge in [0.25, 0.3) is 5.91 Å². The molecule has 0 aliphatic heterocycles.